The molecule has 0 saturated heterocycles. The van der Waals surface area contributed by atoms with Gasteiger partial charge in [0.25, 0.3) is 0 Å². The minimum Gasteiger partial charge on any atom is -0.464 e. The molecule has 1 atom stereocenters. The highest BCUT2D eigenvalue weighted by Gasteiger charge is 2.12. The second-order valence-electron chi connectivity index (χ2n) is 3.65. The largest absolute Gasteiger partial charge is 0.464 e. The van der Waals surface area contributed by atoms with Crippen molar-refractivity contribution in [1.82, 2.24) is 0 Å². The summed E-state index contributed by atoms with van der Waals surface area (Å²) in [6, 6.07) is 4.87. The van der Waals surface area contributed by atoms with Crippen molar-refractivity contribution < 1.29 is 13.9 Å². The lowest BCUT2D eigenvalue weighted by molar-refractivity contribution is 0.0475. The molecule has 1 rings (SSSR count). The second kappa shape index (κ2) is 6.45. The van der Waals surface area contributed by atoms with E-state index in [1.54, 1.807) is 6.07 Å². The van der Waals surface area contributed by atoms with Gasteiger partial charge in [0.05, 0.1) is 0 Å². The number of nitrogens with two attached hydrogens (primary N) is 1. The number of hydrogen-bond acceptors (Lipinski definition) is 3. The standard InChI is InChI=1S/C12H18FNO2/c1-3-10(14)7-9-5-4-6-11(13)12(9)16-8-15-2/h4-6,10H,3,7-8,14H2,1-2H3. The molecule has 16 heavy (non-hydrogen) atoms. The van der Waals surface area contributed by atoms with Crippen LogP contribution in [0.3, 0.4) is 0 Å². The fraction of sp³-hybridized carbons (Fsp3) is 0.500. The molecule has 90 valence electrons. The Bertz CT molecular complexity index is 331. The number of para-hydroxylation sites is 1. The smallest absolute Gasteiger partial charge is 0.188 e. The second-order valence-corrected chi connectivity index (χ2v) is 3.65. The van der Waals surface area contributed by atoms with Crippen LogP contribution in [-0.4, -0.2) is 19.9 Å². The zero-order valence-electron chi connectivity index (χ0n) is 9.70. The number of rotatable bonds is 6. The summed E-state index contributed by atoms with van der Waals surface area (Å²) in [5.41, 5.74) is 6.63. The van der Waals surface area contributed by atoms with Crippen molar-refractivity contribution in [2.24, 2.45) is 5.73 Å². The molecule has 0 spiro atoms. The topological polar surface area (TPSA) is 44.5 Å². The fourth-order valence-corrected chi connectivity index (χ4v) is 1.42. The third-order valence-corrected chi connectivity index (χ3v) is 2.38. The van der Waals surface area contributed by atoms with E-state index < -0.39 is 0 Å². The molecule has 0 heterocycles. The van der Waals surface area contributed by atoms with Gasteiger partial charge in [0, 0.05) is 13.2 Å². The normalized spacial score (nSPS) is 12.5. The molecule has 0 saturated carbocycles. The van der Waals surface area contributed by atoms with E-state index in [-0.39, 0.29) is 24.4 Å². The van der Waals surface area contributed by atoms with Gasteiger partial charge in [-0.3, -0.25) is 0 Å². The molecule has 0 aromatic heterocycles. The molecule has 1 aromatic rings. The fourth-order valence-electron chi connectivity index (χ4n) is 1.42. The number of hydrogen-bond donors (Lipinski definition) is 1. The monoisotopic (exact) mass is 227 g/mol. The van der Waals surface area contributed by atoms with Crippen molar-refractivity contribution in [3.63, 3.8) is 0 Å². The van der Waals surface area contributed by atoms with Crippen LogP contribution in [0.15, 0.2) is 18.2 Å². The maximum atomic E-state index is 13.5. The van der Waals surface area contributed by atoms with Crippen LogP contribution >= 0.6 is 0 Å². The third-order valence-electron chi connectivity index (χ3n) is 2.38. The van der Waals surface area contributed by atoms with Crippen LogP contribution in [-0.2, 0) is 11.2 Å². The van der Waals surface area contributed by atoms with E-state index in [9.17, 15) is 4.39 Å². The van der Waals surface area contributed by atoms with Gasteiger partial charge >= 0.3 is 0 Å². The van der Waals surface area contributed by atoms with Gasteiger partial charge in [-0.1, -0.05) is 19.1 Å². The summed E-state index contributed by atoms with van der Waals surface area (Å²) in [5.74, 6) is -0.133. The molecule has 1 aromatic carbocycles. The average Bonchev–Trinajstić information content (AvgIpc) is 2.28. The van der Waals surface area contributed by atoms with Gasteiger partial charge in [0.15, 0.2) is 18.4 Å². The minimum atomic E-state index is -0.377. The Balaban J connectivity index is 2.84. The molecule has 0 aliphatic carbocycles. The molecule has 0 radical (unpaired) electrons. The van der Waals surface area contributed by atoms with Crippen LogP contribution < -0.4 is 10.5 Å². The highest BCUT2D eigenvalue weighted by atomic mass is 19.1. The van der Waals surface area contributed by atoms with E-state index >= 15 is 0 Å². The molecule has 0 fully saturated rings. The minimum absolute atomic E-state index is 0.0201. The SMILES string of the molecule is CCC(N)Cc1cccc(F)c1OCOC. The average molecular weight is 227 g/mol. The Labute approximate surface area is 95.4 Å². The first kappa shape index (κ1) is 12.9. The van der Waals surface area contributed by atoms with E-state index in [4.69, 9.17) is 15.2 Å². The quantitative estimate of drug-likeness (QED) is 0.757. The molecular formula is C12H18FNO2. The summed E-state index contributed by atoms with van der Waals surface area (Å²) >= 11 is 0. The number of halogens is 1. The Morgan fingerprint density at radius 3 is 2.81 bits per heavy atom. The summed E-state index contributed by atoms with van der Waals surface area (Å²) in [7, 11) is 1.50. The lowest BCUT2D eigenvalue weighted by Gasteiger charge is -2.14. The van der Waals surface area contributed by atoms with Crippen molar-refractivity contribution >= 4 is 0 Å². The van der Waals surface area contributed by atoms with Crippen LogP contribution in [0.2, 0.25) is 0 Å². The van der Waals surface area contributed by atoms with Crippen molar-refractivity contribution in [3.05, 3.63) is 29.6 Å². The van der Waals surface area contributed by atoms with Gasteiger partial charge in [-0.05, 0) is 24.5 Å². The highest BCUT2D eigenvalue weighted by molar-refractivity contribution is 5.35. The molecule has 4 heteroatoms. The summed E-state index contributed by atoms with van der Waals surface area (Å²) in [6.45, 7) is 2.04. The van der Waals surface area contributed by atoms with Gasteiger partial charge in [-0.2, -0.15) is 0 Å². The molecule has 2 N–H and O–H groups in total. The predicted octanol–water partition coefficient (Wildman–Crippen LogP) is 2.09. The van der Waals surface area contributed by atoms with Crippen LogP contribution in [0.25, 0.3) is 0 Å². The maximum absolute atomic E-state index is 13.5. The molecule has 3 nitrogen and oxygen atoms in total. The summed E-state index contributed by atoms with van der Waals surface area (Å²) in [5, 5.41) is 0. The van der Waals surface area contributed by atoms with E-state index in [1.807, 2.05) is 13.0 Å². The van der Waals surface area contributed by atoms with Crippen LogP contribution in [0, 0.1) is 5.82 Å². The lowest BCUT2D eigenvalue weighted by atomic mass is 10.0. The van der Waals surface area contributed by atoms with E-state index in [1.165, 1.54) is 13.2 Å². The summed E-state index contributed by atoms with van der Waals surface area (Å²) in [4.78, 5) is 0. The van der Waals surface area contributed by atoms with Crippen molar-refractivity contribution in [1.29, 1.82) is 0 Å². The molecular weight excluding hydrogens is 209 g/mol. The van der Waals surface area contributed by atoms with Crippen LogP contribution in [0.1, 0.15) is 18.9 Å². The van der Waals surface area contributed by atoms with Crippen LogP contribution in [0.4, 0.5) is 4.39 Å². The van der Waals surface area contributed by atoms with Gasteiger partial charge in [0.1, 0.15) is 0 Å². The van der Waals surface area contributed by atoms with E-state index in [0.717, 1.165) is 12.0 Å². The zero-order chi connectivity index (χ0) is 12.0. The molecule has 0 aliphatic heterocycles. The van der Waals surface area contributed by atoms with Gasteiger partial charge < -0.3 is 15.2 Å². The van der Waals surface area contributed by atoms with Gasteiger partial charge in [0.2, 0.25) is 0 Å². The van der Waals surface area contributed by atoms with E-state index in [2.05, 4.69) is 0 Å². The van der Waals surface area contributed by atoms with Gasteiger partial charge in [-0.25, -0.2) is 4.39 Å². The van der Waals surface area contributed by atoms with Crippen molar-refractivity contribution in [2.45, 2.75) is 25.8 Å². The zero-order valence-corrected chi connectivity index (χ0v) is 9.70. The van der Waals surface area contributed by atoms with E-state index in [0.29, 0.717) is 6.42 Å². The first-order chi connectivity index (χ1) is 7.69. The third kappa shape index (κ3) is 3.47. The Hall–Kier alpha value is -1.13. The lowest BCUT2D eigenvalue weighted by Crippen LogP contribution is -2.22. The number of benzene rings is 1. The Kier molecular flexibility index (Phi) is 5.22. The first-order valence-corrected chi connectivity index (χ1v) is 5.33. The molecule has 1 unspecified atom stereocenters. The number of methoxy groups -OCH3 is 1. The maximum Gasteiger partial charge on any atom is 0.188 e. The molecule has 0 aliphatic rings. The predicted molar refractivity (Wildman–Crippen MR) is 60.9 cm³/mol. The number of ether oxygens (including phenoxy) is 2. The highest BCUT2D eigenvalue weighted by Crippen LogP contribution is 2.24. The van der Waals surface area contributed by atoms with Crippen LogP contribution in [0.5, 0.6) is 5.75 Å². The summed E-state index contributed by atoms with van der Waals surface area (Å²) < 4.78 is 23.5. The van der Waals surface area contributed by atoms with Crippen molar-refractivity contribution in [2.75, 3.05) is 13.9 Å². The Morgan fingerprint density at radius 2 is 2.19 bits per heavy atom. The van der Waals surface area contributed by atoms with Gasteiger partial charge in [-0.15, -0.1) is 0 Å². The first-order valence-electron chi connectivity index (χ1n) is 5.33. The molecule has 0 bridgehead atoms. The molecule has 0 amide bonds. The van der Waals surface area contributed by atoms with Crippen molar-refractivity contribution in [3.8, 4) is 5.75 Å². The Morgan fingerprint density at radius 1 is 1.44 bits per heavy atom. The summed E-state index contributed by atoms with van der Waals surface area (Å²) in [6.07, 6.45) is 1.45.